The fourth-order valence-electron chi connectivity index (χ4n) is 5.35. The molecule has 6 atom stereocenters. The Morgan fingerprint density at radius 2 is 1.75 bits per heavy atom. The molecule has 5 rings (SSSR count). The zero-order valence-electron chi connectivity index (χ0n) is 23.3. The van der Waals surface area contributed by atoms with E-state index < -0.39 is 72.0 Å². The average Bonchev–Trinajstić information content (AvgIpc) is 3.48. The molecule has 232 valence electrons. The number of Topliss-reactive ketones (excluding diaryl/α,β-unsaturated/α-hetero) is 1. The number of carbonyl (C=O) groups is 1. The number of hydrogen-bond acceptors (Lipinski definition) is 7. The van der Waals surface area contributed by atoms with E-state index in [0.717, 1.165) is 12.1 Å². The molecule has 2 N–H and O–H groups in total. The molecule has 2 unspecified atom stereocenters. The van der Waals surface area contributed by atoms with Gasteiger partial charge in [-0.2, -0.15) is 0 Å². The molecule has 44 heavy (non-hydrogen) atoms. The minimum atomic E-state index is -1.63. The molecule has 0 bridgehead atoms. The van der Waals surface area contributed by atoms with Gasteiger partial charge in [0, 0.05) is 22.9 Å². The minimum absolute atomic E-state index is 0.0167. The van der Waals surface area contributed by atoms with Crippen molar-refractivity contribution in [3.8, 4) is 11.3 Å². The van der Waals surface area contributed by atoms with Crippen molar-refractivity contribution in [2.75, 3.05) is 6.61 Å². The summed E-state index contributed by atoms with van der Waals surface area (Å²) < 4.78 is 69.2. The van der Waals surface area contributed by atoms with Gasteiger partial charge in [0.2, 0.25) is 0 Å². The number of aliphatic hydroxyl groups is 2. The Morgan fingerprint density at radius 3 is 2.41 bits per heavy atom. The van der Waals surface area contributed by atoms with Crippen LogP contribution in [-0.2, 0) is 27.3 Å². The van der Waals surface area contributed by atoms with Gasteiger partial charge >= 0.3 is 0 Å². The van der Waals surface area contributed by atoms with E-state index in [9.17, 15) is 32.6 Å². The molecule has 0 amide bonds. The molecule has 1 saturated heterocycles. The van der Waals surface area contributed by atoms with Crippen molar-refractivity contribution in [2.45, 2.75) is 50.4 Å². The summed E-state index contributed by atoms with van der Waals surface area (Å²) in [5.41, 5.74) is 0.728. The Kier molecular flexibility index (Phi) is 9.76. The Morgan fingerprint density at radius 1 is 1.07 bits per heavy atom. The maximum absolute atomic E-state index is 14.5. The molecule has 1 aromatic heterocycles. The van der Waals surface area contributed by atoms with Crippen LogP contribution in [-0.4, -0.2) is 62.0 Å². The summed E-state index contributed by atoms with van der Waals surface area (Å²) in [4.78, 5) is 13.7. The van der Waals surface area contributed by atoms with Crippen LogP contribution >= 0.6 is 11.6 Å². The van der Waals surface area contributed by atoms with Gasteiger partial charge in [-0.15, -0.1) is 5.10 Å². The second-order valence-corrected chi connectivity index (χ2v) is 11.0. The predicted molar refractivity (Wildman–Crippen MR) is 150 cm³/mol. The van der Waals surface area contributed by atoms with Gasteiger partial charge in [0.1, 0.15) is 29.8 Å². The Bertz CT molecular complexity index is 1600. The monoisotopic (exact) mass is 633 g/mol. The largest absolute Gasteiger partial charge is 0.394 e. The van der Waals surface area contributed by atoms with Crippen molar-refractivity contribution in [2.24, 2.45) is 5.92 Å². The van der Waals surface area contributed by atoms with E-state index in [1.54, 1.807) is 37.3 Å². The summed E-state index contributed by atoms with van der Waals surface area (Å²) in [6, 6.07) is 13.1. The van der Waals surface area contributed by atoms with Crippen LogP contribution in [0.3, 0.4) is 0 Å². The number of halogens is 5. The number of hydrogen-bond donors (Lipinski definition) is 2. The number of ether oxygens (including phenoxy) is 2. The van der Waals surface area contributed by atoms with E-state index in [-0.39, 0.29) is 29.8 Å². The molecule has 1 fully saturated rings. The third kappa shape index (κ3) is 6.69. The van der Waals surface area contributed by atoms with E-state index in [1.807, 2.05) is 0 Å². The Labute approximate surface area is 254 Å². The second-order valence-electron chi connectivity index (χ2n) is 10.6. The molecular formula is C31H28ClF4N3O5. The lowest BCUT2D eigenvalue weighted by atomic mass is 9.82. The van der Waals surface area contributed by atoms with Crippen LogP contribution in [0.15, 0.2) is 66.9 Å². The van der Waals surface area contributed by atoms with Gasteiger partial charge in [-0.1, -0.05) is 54.1 Å². The highest BCUT2D eigenvalue weighted by Gasteiger charge is 2.49. The van der Waals surface area contributed by atoms with Gasteiger partial charge in [0.15, 0.2) is 23.2 Å². The topological polar surface area (TPSA) is 107 Å². The van der Waals surface area contributed by atoms with Crippen molar-refractivity contribution in [1.29, 1.82) is 0 Å². The van der Waals surface area contributed by atoms with Crippen LogP contribution in [0.5, 0.6) is 0 Å². The fraction of sp³-hybridized carbons (Fsp3) is 0.323. The van der Waals surface area contributed by atoms with Gasteiger partial charge in [-0.25, -0.2) is 22.2 Å². The lowest BCUT2D eigenvalue weighted by Crippen LogP contribution is -2.57. The number of rotatable bonds is 10. The molecule has 0 radical (unpaired) electrons. The summed E-state index contributed by atoms with van der Waals surface area (Å²) in [7, 11) is 0. The first-order valence-corrected chi connectivity index (χ1v) is 14.1. The molecule has 1 aliphatic rings. The summed E-state index contributed by atoms with van der Waals surface area (Å²) in [6.07, 6.45) is -3.93. The number of aromatic nitrogens is 3. The third-order valence-corrected chi connectivity index (χ3v) is 7.93. The van der Waals surface area contributed by atoms with Crippen molar-refractivity contribution < 1.29 is 42.0 Å². The number of carbonyl (C=O) groups excluding carboxylic acids is 1. The van der Waals surface area contributed by atoms with E-state index in [2.05, 4.69) is 10.3 Å². The summed E-state index contributed by atoms with van der Waals surface area (Å²) in [5, 5.41) is 29.7. The SMILES string of the molecule is CC1[C@H]([C@H](OCc2ccc(Cl)cc2)C(=O)Cc2ccccc2F)OC(CO)[C@H](O)[C@@H]1n1cc(-c2cc(F)c(F)c(F)c2)nn1. The molecule has 2 heterocycles. The van der Waals surface area contributed by atoms with Crippen LogP contribution in [0.25, 0.3) is 11.3 Å². The highest BCUT2D eigenvalue weighted by molar-refractivity contribution is 6.30. The normalized spacial score (nSPS) is 22.6. The van der Waals surface area contributed by atoms with E-state index in [0.29, 0.717) is 10.6 Å². The first-order chi connectivity index (χ1) is 21.1. The second kappa shape index (κ2) is 13.5. The lowest BCUT2D eigenvalue weighted by Gasteiger charge is -2.45. The van der Waals surface area contributed by atoms with Gasteiger partial charge in [-0.3, -0.25) is 4.79 Å². The quantitative estimate of drug-likeness (QED) is 0.190. The van der Waals surface area contributed by atoms with E-state index in [4.69, 9.17) is 21.1 Å². The summed E-state index contributed by atoms with van der Waals surface area (Å²) >= 11 is 5.99. The summed E-state index contributed by atoms with van der Waals surface area (Å²) in [5.74, 6) is -6.27. The molecule has 0 spiro atoms. The third-order valence-electron chi connectivity index (χ3n) is 7.68. The van der Waals surface area contributed by atoms with Crippen LogP contribution in [0.2, 0.25) is 5.02 Å². The molecular weight excluding hydrogens is 606 g/mol. The Hall–Kier alpha value is -3.68. The van der Waals surface area contributed by atoms with Crippen molar-refractivity contribution in [1.82, 2.24) is 15.0 Å². The van der Waals surface area contributed by atoms with Crippen molar-refractivity contribution >= 4 is 17.4 Å². The molecule has 8 nitrogen and oxygen atoms in total. The van der Waals surface area contributed by atoms with Crippen LogP contribution in [0.4, 0.5) is 17.6 Å². The highest BCUT2D eigenvalue weighted by atomic mass is 35.5. The van der Waals surface area contributed by atoms with Crippen molar-refractivity contribution in [3.05, 3.63) is 106 Å². The standard InChI is InChI=1S/C31H28ClF4N3O5/c1-16-28(39-13-24(37-38-39)19-10-22(34)27(36)23(35)11-19)29(42)26(14-40)44-30(16)31(43-15-17-6-8-20(32)9-7-17)25(41)12-18-4-2-3-5-21(18)33/h2-11,13,16,26,28-31,40,42H,12,14-15H2,1H3/t16?,26?,28-,29+,30-,31-/m1/s1. The molecule has 0 saturated carbocycles. The highest BCUT2D eigenvalue weighted by Crippen LogP contribution is 2.38. The number of nitrogens with zero attached hydrogens (tertiary/aromatic N) is 3. The van der Waals surface area contributed by atoms with E-state index in [1.165, 1.54) is 29.1 Å². The van der Waals surface area contributed by atoms with Gasteiger partial charge in [-0.05, 0) is 41.5 Å². The zero-order valence-corrected chi connectivity index (χ0v) is 24.0. The first-order valence-electron chi connectivity index (χ1n) is 13.7. The number of benzene rings is 3. The maximum Gasteiger partial charge on any atom is 0.194 e. The maximum atomic E-state index is 14.5. The fourth-order valence-corrected chi connectivity index (χ4v) is 5.48. The minimum Gasteiger partial charge on any atom is -0.394 e. The Balaban J connectivity index is 1.47. The summed E-state index contributed by atoms with van der Waals surface area (Å²) in [6.45, 7) is 0.992. The number of aliphatic hydroxyl groups excluding tert-OH is 2. The molecule has 3 aromatic carbocycles. The van der Waals surface area contributed by atoms with Gasteiger partial charge in [0.05, 0.1) is 31.6 Å². The van der Waals surface area contributed by atoms with Crippen LogP contribution in [0, 0.1) is 29.2 Å². The number of ketones is 1. The molecule has 4 aromatic rings. The van der Waals surface area contributed by atoms with E-state index >= 15 is 0 Å². The average molecular weight is 634 g/mol. The molecule has 13 heteroatoms. The van der Waals surface area contributed by atoms with Gasteiger partial charge in [0.25, 0.3) is 0 Å². The van der Waals surface area contributed by atoms with Gasteiger partial charge < -0.3 is 19.7 Å². The zero-order chi connectivity index (χ0) is 31.5. The molecule has 0 aliphatic carbocycles. The van der Waals surface area contributed by atoms with Crippen molar-refractivity contribution in [3.63, 3.8) is 0 Å². The molecule has 1 aliphatic heterocycles. The van der Waals surface area contributed by atoms with Crippen LogP contribution in [0.1, 0.15) is 24.1 Å². The predicted octanol–water partition coefficient (Wildman–Crippen LogP) is 4.85. The smallest absolute Gasteiger partial charge is 0.194 e. The van der Waals surface area contributed by atoms with Crippen LogP contribution < -0.4 is 0 Å². The lowest BCUT2D eigenvalue weighted by molar-refractivity contribution is -0.214. The first kappa shape index (κ1) is 31.7.